The van der Waals surface area contributed by atoms with E-state index < -0.39 is 0 Å². The largest absolute Gasteiger partial charge is 0.497 e. The van der Waals surface area contributed by atoms with Crippen LogP contribution in [0, 0.1) is 5.92 Å². The molecule has 0 spiro atoms. The van der Waals surface area contributed by atoms with Gasteiger partial charge in [0.25, 0.3) is 0 Å². The Morgan fingerprint density at radius 2 is 1.86 bits per heavy atom. The van der Waals surface area contributed by atoms with Crippen molar-refractivity contribution in [2.75, 3.05) is 20.2 Å². The first-order chi connectivity index (χ1) is 10.8. The third-order valence-electron chi connectivity index (χ3n) is 4.74. The van der Waals surface area contributed by atoms with E-state index in [1.807, 2.05) is 12.1 Å². The number of piperidine rings is 1. The zero-order chi connectivity index (χ0) is 15.4. The predicted octanol–water partition coefficient (Wildman–Crippen LogP) is 2.58. The minimum Gasteiger partial charge on any atom is -0.497 e. The van der Waals surface area contributed by atoms with E-state index in [2.05, 4.69) is 22.3 Å². The number of carbonyl (C=O) groups is 1. The molecule has 4 heteroatoms. The average molecular weight is 302 g/mol. The van der Waals surface area contributed by atoms with E-state index in [1.165, 1.54) is 5.56 Å². The maximum absolute atomic E-state index is 12.7. The third-order valence-corrected chi connectivity index (χ3v) is 4.74. The lowest BCUT2D eigenvalue weighted by Crippen LogP contribution is -2.36. The Bertz CT molecular complexity index is 490. The second-order valence-electron chi connectivity index (χ2n) is 6.50. The number of amides is 1. The van der Waals surface area contributed by atoms with E-state index >= 15 is 0 Å². The summed E-state index contributed by atoms with van der Waals surface area (Å²) in [6.45, 7) is 2.85. The van der Waals surface area contributed by atoms with Gasteiger partial charge in [0.1, 0.15) is 5.75 Å². The molecule has 1 aromatic rings. The van der Waals surface area contributed by atoms with Gasteiger partial charge in [0.05, 0.1) is 7.11 Å². The fraction of sp³-hybridized carbons (Fsp3) is 0.611. The molecule has 1 heterocycles. The predicted molar refractivity (Wildman–Crippen MR) is 86.8 cm³/mol. The first kappa shape index (κ1) is 15.3. The lowest BCUT2D eigenvalue weighted by atomic mass is 9.94. The topological polar surface area (TPSA) is 41.6 Å². The highest BCUT2D eigenvalue weighted by molar-refractivity contribution is 5.77. The lowest BCUT2D eigenvalue weighted by molar-refractivity contribution is -0.133. The number of nitrogens with one attached hydrogen (secondary N) is 1. The molecule has 1 amide bonds. The highest BCUT2D eigenvalue weighted by atomic mass is 16.5. The fourth-order valence-electron chi connectivity index (χ4n) is 3.18. The van der Waals surface area contributed by atoms with Crippen LogP contribution in [0.4, 0.5) is 0 Å². The summed E-state index contributed by atoms with van der Waals surface area (Å²) in [6.07, 6.45) is 5.30. The summed E-state index contributed by atoms with van der Waals surface area (Å²) in [5.41, 5.74) is 1.19. The van der Waals surface area contributed by atoms with Crippen LogP contribution in [0.3, 0.4) is 0 Å². The van der Waals surface area contributed by atoms with Gasteiger partial charge in [0, 0.05) is 19.0 Å². The van der Waals surface area contributed by atoms with Gasteiger partial charge in [-0.05, 0) is 62.4 Å². The summed E-state index contributed by atoms with van der Waals surface area (Å²) < 4.78 is 5.20. The van der Waals surface area contributed by atoms with Gasteiger partial charge in [-0.3, -0.25) is 4.79 Å². The van der Waals surface area contributed by atoms with Crippen molar-refractivity contribution in [3.63, 3.8) is 0 Å². The van der Waals surface area contributed by atoms with Crippen LogP contribution in [0.15, 0.2) is 24.3 Å². The number of benzene rings is 1. The zero-order valence-electron chi connectivity index (χ0n) is 13.4. The average Bonchev–Trinajstić information content (AvgIpc) is 3.39. The highest BCUT2D eigenvalue weighted by Crippen LogP contribution is 2.30. The van der Waals surface area contributed by atoms with Crippen molar-refractivity contribution in [3.8, 4) is 5.75 Å². The van der Waals surface area contributed by atoms with Crippen molar-refractivity contribution in [3.05, 3.63) is 29.8 Å². The highest BCUT2D eigenvalue weighted by Gasteiger charge is 2.33. The molecular formula is C18H26N2O2. The molecule has 0 atom stereocenters. The second-order valence-corrected chi connectivity index (χ2v) is 6.50. The number of hydrogen-bond acceptors (Lipinski definition) is 3. The molecule has 1 N–H and O–H groups in total. The van der Waals surface area contributed by atoms with Crippen molar-refractivity contribution < 1.29 is 9.53 Å². The van der Waals surface area contributed by atoms with E-state index in [1.54, 1.807) is 7.11 Å². The molecule has 1 aliphatic carbocycles. The van der Waals surface area contributed by atoms with E-state index in [4.69, 9.17) is 4.74 Å². The molecule has 1 aromatic carbocycles. The number of hydrogen-bond donors (Lipinski definition) is 1. The summed E-state index contributed by atoms with van der Waals surface area (Å²) in [6, 6.07) is 8.53. The van der Waals surface area contributed by atoms with Gasteiger partial charge in [-0.1, -0.05) is 12.1 Å². The van der Waals surface area contributed by atoms with Crippen LogP contribution in [0.2, 0.25) is 0 Å². The van der Waals surface area contributed by atoms with Crippen LogP contribution >= 0.6 is 0 Å². The molecule has 4 nitrogen and oxygen atoms in total. The Morgan fingerprint density at radius 3 is 2.45 bits per heavy atom. The standard InChI is InChI=1S/C18H26N2O2/c1-22-17-6-2-15(3-7-17)13-20(16-4-5-16)18(21)12-14-8-10-19-11-9-14/h2-3,6-7,14,16,19H,4-5,8-13H2,1H3. The number of methoxy groups -OCH3 is 1. The summed E-state index contributed by atoms with van der Waals surface area (Å²) >= 11 is 0. The molecule has 1 saturated carbocycles. The molecule has 0 bridgehead atoms. The summed E-state index contributed by atoms with van der Waals surface area (Å²) in [5, 5.41) is 3.37. The molecule has 1 aliphatic heterocycles. The van der Waals surface area contributed by atoms with Crippen LogP contribution in [0.25, 0.3) is 0 Å². The lowest BCUT2D eigenvalue weighted by Gasteiger charge is -2.27. The van der Waals surface area contributed by atoms with Gasteiger partial charge < -0.3 is 15.0 Å². The third kappa shape index (κ3) is 4.01. The molecule has 0 aromatic heterocycles. The molecule has 2 aliphatic rings. The van der Waals surface area contributed by atoms with Crippen molar-refractivity contribution in [1.82, 2.24) is 10.2 Å². The molecule has 2 fully saturated rings. The summed E-state index contributed by atoms with van der Waals surface area (Å²) in [7, 11) is 1.67. The van der Waals surface area contributed by atoms with Gasteiger partial charge in [-0.25, -0.2) is 0 Å². The van der Waals surface area contributed by atoms with Gasteiger partial charge in [-0.2, -0.15) is 0 Å². The molecule has 3 rings (SSSR count). The van der Waals surface area contributed by atoms with Crippen LogP contribution in [0.1, 0.15) is 37.7 Å². The Morgan fingerprint density at radius 1 is 1.18 bits per heavy atom. The van der Waals surface area contributed by atoms with Crippen LogP contribution in [-0.2, 0) is 11.3 Å². The first-order valence-electron chi connectivity index (χ1n) is 8.39. The van der Waals surface area contributed by atoms with Gasteiger partial charge in [0.15, 0.2) is 0 Å². The Hall–Kier alpha value is -1.55. The molecule has 1 saturated heterocycles. The Labute approximate surface area is 132 Å². The van der Waals surface area contributed by atoms with Crippen molar-refractivity contribution in [1.29, 1.82) is 0 Å². The minimum atomic E-state index is 0.338. The van der Waals surface area contributed by atoms with Crippen LogP contribution in [-0.4, -0.2) is 37.0 Å². The monoisotopic (exact) mass is 302 g/mol. The van der Waals surface area contributed by atoms with Crippen molar-refractivity contribution in [2.24, 2.45) is 5.92 Å². The van der Waals surface area contributed by atoms with Gasteiger partial charge >= 0.3 is 0 Å². The summed E-state index contributed by atoms with van der Waals surface area (Å²) in [5.74, 6) is 1.76. The number of nitrogens with zero attached hydrogens (tertiary/aromatic N) is 1. The zero-order valence-corrected chi connectivity index (χ0v) is 13.4. The molecule has 0 unspecified atom stereocenters. The van der Waals surface area contributed by atoms with E-state index in [0.29, 0.717) is 24.3 Å². The fourth-order valence-corrected chi connectivity index (χ4v) is 3.18. The van der Waals surface area contributed by atoms with Crippen LogP contribution in [0.5, 0.6) is 5.75 Å². The molecule has 0 radical (unpaired) electrons. The quantitative estimate of drug-likeness (QED) is 0.878. The number of rotatable bonds is 6. The molecule has 120 valence electrons. The van der Waals surface area contributed by atoms with Crippen molar-refractivity contribution >= 4 is 5.91 Å². The van der Waals surface area contributed by atoms with E-state index in [9.17, 15) is 4.79 Å². The summed E-state index contributed by atoms with van der Waals surface area (Å²) in [4.78, 5) is 14.8. The minimum absolute atomic E-state index is 0.338. The second kappa shape index (κ2) is 7.14. The maximum Gasteiger partial charge on any atom is 0.223 e. The molecular weight excluding hydrogens is 276 g/mol. The Balaban J connectivity index is 1.60. The first-order valence-corrected chi connectivity index (χ1v) is 8.39. The number of carbonyl (C=O) groups excluding carboxylic acids is 1. The van der Waals surface area contributed by atoms with Crippen LogP contribution < -0.4 is 10.1 Å². The maximum atomic E-state index is 12.7. The Kier molecular flexibility index (Phi) is 4.98. The van der Waals surface area contributed by atoms with E-state index in [0.717, 1.165) is 51.1 Å². The van der Waals surface area contributed by atoms with Crippen molar-refractivity contribution in [2.45, 2.75) is 44.7 Å². The smallest absolute Gasteiger partial charge is 0.223 e. The van der Waals surface area contributed by atoms with Gasteiger partial charge in [-0.15, -0.1) is 0 Å². The number of ether oxygens (including phenoxy) is 1. The SMILES string of the molecule is COc1ccc(CN(C(=O)CC2CCNCC2)C2CC2)cc1. The van der Waals surface area contributed by atoms with Gasteiger partial charge in [0.2, 0.25) is 5.91 Å². The normalized spacial score (nSPS) is 19.0. The van der Waals surface area contributed by atoms with E-state index in [-0.39, 0.29) is 0 Å². The molecule has 22 heavy (non-hydrogen) atoms.